The zero-order valence-electron chi connectivity index (χ0n) is 16.1. The molecule has 1 fully saturated rings. The van der Waals surface area contributed by atoms with Crippen LogP contribution >= 0.6 is 0 Å². The van der Waals surface area contributed by atoms with E-state index in [0.29, 0.717) is 19.8 Å². The Labute approximate surface area is 164 Å². The summed E-state index contributed by atoms with van der Waals surface area (Å²) in [6.07, 6.45) is 2.89. The molecule has 6 heteroatoms. The molecule has 1 N–H and O–H groups in total. The summed E-state index contributed by atoms with van der Waals surface area (Å²) in [5.41, 5.74) is 2.53. The van der Waals surface area contributed by atoms with Crippen molar-refractivity contribution in [1.82, 2.24) is 5.32 Å². The molecule has 0 saturated carbocycles. The van der Waals surface area contributed by atoms with E-state index in [1.165, 1.54) is 6.08 Å². The van der Waals surface area contributed by atoms with Crippen LogP contribution in [0.5, 0.6) is 5.75 Å². The van der Waals surface area contributed by atoms with Gasteiger partial charge in [-0.05, 0) is 43.7 Å². The largest absolute Gasteiger partial charge is 0.493 e. The van der Waals surface area contributed by atoms with Gasteiger partial charge in [0.15, 0.2) is 0 Å². The van der Waals surface area contributed by atoms with Crippen LogP contribution in [0.1, 0.15) is 31.0 Å². The van der Waals surface area contributed by atoms with Gasteiger partial charge in [0.25, 0.3) is 0 Å². The predicted octanol–water partition coefficient (Wildman–Crippen LogP) is 3.93. The minimum Gasteiger partial charge on any atom is -0.493 e. The lowest BCUT2D eigenvalue weighted by molar-refractivity contribution is -0.117. The van der Waals surface area contributed by atoms with Gasteiger partial charge in [0.05, 0.1) is 19.2 Å². The Morgan fingerprint density at radius 3 is 2.86 bits per heavy atom. The summed E-state index contributed by atoms with van der Waals surface area (Å²) in [5.74, 6) is 0.539. The van der Waals surface area contributed by atoms with Gasteiger partial charge in [-0.15, -0.1) is 0 Å². The highest BCUT2D eigenvalue weighted by molar-refractivity contribution is 5.92. The molecule has 1 aliphatic heterocycles. The lowest BCUT2D eigenvalue weighted by Gasteiger charge is -2.17. The number of carbonyl (C=O) groups excluding carboxylic acids is 2. The lowest BCUT2D eigenvalue weighted by Crippen LogP contribution is -2.26. The van der Waals surface area contributed by atoms with E-state index in [1.54, 1.807) is 11.0 Å². The standard InChI is InChI=1S/C22H24N2O4/c1-3-27-20-10-5-4-7-17(20)11-12-21(25)23-16(2)18-8-6-9-19(15-18)24-13-14-28-22(24)26/h4-12,15-16H,3,13-14H2,1-2H3,(H,23,25)/b12-11+. The van der Waals surface area contributed by atoms with Crippen molar-refractivity contribution in [3.63, 3.8) is 0 Å². The van der Waals surface area contributed by atoms with Crippen molar-refractivity contribution < 1.29 is 19.1 Å². The third-order valence-corrected chi connectivity index (χ3v) is 4.43. The Kier molecular flexibility index (Phi) is 6.32. The fraction of sp³-hybridized carbons (Fsp3) is 0.273. The molecule has 2 amide bonds. The second-order valence-corrected chi connectivity index (χ2v) is 6.40. The van der Waals surface area contributed by atoms with E-state index in [4.69, 9.17) is 9.47 Å². The summed E-state index contributed by atoms with van der Waals surface area (Å²) in [5, 5.41) is 2.95. The van der Waals surface area contributed by atoms with E-state index in [1.807, 2.05) is 62.4 Å². The highest BCUT2D eigenvalue weighted by Gasteiger charge is 2.24. The molecular weight excluding hydrogens is 356 g/mol. The molecule has 3 rings (SSSR count). The van der Waals surface area contributed by atoms with Gasteiger partial charge in [-0.3, -0.25) is 9.69 Å². The molecule has 2 aromatic rings. The summed E-state index contributed by atoms with van der Waals surface area (Å²) < 4.78 is 10.5. The van der Waals surface area contributed by atoms with E-state index in [2.05, 4.69) is 5.32 Å². The van der Waals surface area contributed by atoms with Gasteiger partial charge in [0.2, 0.25) is 5.91 Å². The maximum absolute atomic E-state index is 12.3. The third-order valence-electron chi connectivity index (χ3n) is 4.43. The molecule has 0 spiro atoms. The van der Waals surface area contributed by atoms with Gasteiger partial charge in [-0.1, -0.05) is 30.3 Å². The molecule has 146 valence electrons. The zero-order valence-corrected chi connectivity index (χ0v) is 16.1. The van der Waals surface area contributed by atoms with Crippen molar-refractivity contribution in [3.8, 4) is 5.75 Å². The van der Waals surface area contributed by atoms with Crippen molar-refractivity contribution in [2.75, 3.05) is 24.7 Å². The molecule has 6 nitrogen and oxygen atoms in total. The predicted molar refractivity (Wildman–Crippen MR) is 108 cm³/mol. The highest BCUT2D eigenvalue weighted by Crippen LogP contribution is 2.23. The van der Waals surface area contributed by atoms with Crippen LogP contribution in [0, 0.1) is 0 Å². The Hall–Kier alpha value is -3.28. The molecule has 2 aromatic carbocycles. The van der Waals surface area contributed by atoms with E-state index in [9.17, 15) is 9.59 Å². The number of carbonyl (C=O) groups is 2. The second-order valence-electron chi connectivity index (χ2n) is 6.40. The van der Waals surface area contributed by atoms with Crippen LogP contribution in [-0.2, 0) is 9.53 Å². The first-order chi connectivity index (χ1) is 13.6. The molecule has 0 aromatic heterocycles. The smallest absolute Gasteiger partial charge is 0.414 e. The van der Waals surface area contributed by atoms with E-state index in [-0.39, 0.29) is 18.0 Å². The monoisotopic (exact) mass is 380 g/mol. The number of benzene rings is 2. The number of nitrogens with zero attached hydrogens (tertiary/aromatic N) is 1. The van der Waals surface area contributed by atoms with Gasteiger partial charge in [-0.2, -0.15) is 0 Å². The minimum absolute atomic E-state index is 0.204. The fourth-order valence-corrected chi connectivity index (χ4v) is 3.01. The molecule has 1 atom stereocenters. The first-order valence-electron chi connectivity index (χ1n) is 9.33. The van der Waals surface area contributed by atoms with Crippen molar-refractivity contribution in [2.45, 2.75) is 19.9 Å². The minimum atomic E-state index is -0.343. The molecule has 1 saturated heterocycles. The van der Waals surface area contributed by atoms with Crippen LogP contribution in [0.15, 0.2) is 54.6 Å². The number of ether oxygens (including phenoxy) is 2. The SMILES string of the molecule is CCOc1ccccc1/C=C/C(=O)NC(C)c1cccc(N2CCOC2=O)c1. The van der Waals surface area contributed by atoms with E-state index >= 15 is 0 Å². The van der Waals surface area contributed by atoms with Crippen LogP contribution in [0.25, 0.3) is 6.08 Å². The van der Waals surface area contributed by atoms with Crippen molar-refractivity contribution in [1.29, 1.82) is 0 Å². The first kappa shape index (κ1) is 19.5. The Balaban J connectivity index is 1.65. The average Bonchev–Trinajstić information content (AvgIpc) is 3.13. The fourth-order valence-electron chi connectivity index (χ4n) is 3.01. The highest BCUT2D eigenvalue weighted by atomic mass is 16.6. The number of nitrogens with one attached hydrogen (secondary N) is 1. The Morgan fingerprint density at radius 2 is 2.11 bits per heavy atom. The summed E-state index contributed by atoms with van der Waals surface area (Å²) in [7, 11) is 0. The molecule has 0 aliphatic carbocycles. The maximum Gasteiger partial charge on any atom is 0.414 e. The molecule has 1 heterocycles. The number of hydrogen-bond acceptors (Lipinski definition) is 4. The van der Waals surface area contributed by atoms with E-state index < -0.39 is 0 Å². The number of amides is 2. The number of hydrogen-bond donors (Lipinski definition) is 1. The third kappa shape index (κ3) is 4.71. The van der Waals surface area contributed by atoms with Gasteiger partial charge >= 0.3 is 6.09 Å². The van der Waals surface area contributed by atoms with Crippen LogP contribution in [0.2, 0.25) is 0 Å². The van der Waals surface area contributed by atoms with Gasteiger partial charge in [0, 0.05) is 17.3 Å². The first-order valence-corrected chi connectivity index (χ1v) is 9.33. The van der Waals surface area contributed by atoms with Crippen molar-refractivity contribution >= 4 is 23.8 Å². The quantitative estimate of drug-likeness (QED) is 0.739. The number of rotatable bonds is 7. The zero-order chi connectivity index (χ0) is 19.9. The molecule has 0 radical (unpaired) electrons. The summed E-state index contributed by atoms with van der Waals surface area (Å²) in [6, 6.07) is 14.9. The van der Waals surface area contributed by atoms with Crippen LogP contribution < -0.4 is 15.0 Å². The van der Waals surface area contributed by atoms with Crippen molar-refractivity contribution in [2.24, 2.45) is 0 Å². The van der Waals surface area contributed by atoms with E-state index in [0.717, 1.165) is 22.6 Å². The summed E-state index contributed by atoms with van der Waals surface area (Å²) >= 11 is 0. The number of para-hydroxylation sites is 1. The normalized spacial score (nSPS) is 14.8. The molecule has 0 bridgehead atoms. The summed E-state index contributed by atoms with van der Waals surface area (Å²) in [6.45, 7) is 5.31. The van der Waals surface area contributed by atoms with Crippen LogP contribution in [-0.4, -0.2) is 31.8 Å². The topological polar surface area (TPSA) is 67.9 Å². The number of cyclic esters (lactones) is 1. The lowest BCUT2D eigenvalue weighted by atomic mass is 10.1. The molecule has 1 unspecified atom stereocenters. The number of anilines is 1. The second kappa shape index (κ2) is 9.08. The summed E-state index contributed by atoms with van der Waals surface area (Å²) in [4.78, 5) is 25.7. The maximum atomic E-state index is 12.3. The van der Waals surface area contributed by atoms with Gasteiger partial charge in [-0.25, -0.2) is 4.79 Å². The van der Waals surface area contributed by atoms with Gasteiger partial charge in [0.1, 0.15) is 12.4 Å². The molecular formula is C22H24N2O4. The molecule has 1 aliphatic rings. The van der Waals surface area contributed by atoms with Crippen molar-refractivity contribution in [3.05, 3.63) is 65.7 Å². The molecule has 28 heavy (non-hydrogen) atoms. The van der Waals surface area contributed by atoms with Crippen LogP contribution in [0.3, 0.4) is 0 Å². The average molecular weight is 380 g/mol. The Bertz CT molecular complexity index is 878. The van der Waals surface area contributed by atoms with Gasteiger partial charge < -0.3 is 14.8 Å². The van der Waals surface area contributed by atoms with Crippen LogP contribution in [0.4, 0.5) is 10.5 Å². The Morgan fingerprint density at radius 1 is 1.29 bits per heavy atom.